The van der Waals surface area contributed by atoms with Gasteiger partial charge in [-0.25, -0.2) is 9.97 Å². The van der Waals surface area contributed by atoms with E-state index < -0.39 is 5.91 Å². The number of carbonyl (C=O) groups is 2. The first-order valence-corrected chi connectivity index (χ1v) is 10.6. The summed E-state index contributed by atoms with van der Waals surface area (Å²) < 4.78 is 2.26. The number of fused-ring (bicyclic) bond motifs is 3. The van der Waals surface area contributed by atoms with Crippen molar-refractivity contribution in [2.45, 2.75) is 58.4 Å². The van der Waals surface area contributed by atoms with E-state index >= 15 is 0 Å². The van der Waals surface area contributed by atoms with E-state index in [-0.39, 0.29) is 18.7 Å². The van der Waals surface area contributed by atoms with Crippen LogP contribution in [0.25, 0.3) is 21.9 Å². The zero-order valence-electron chi connectivity index (χ0n) is 17.5. The maximum atomic E-state index is 11.7. The number of anilines is 1. The number of amides is 2. The number of unbranched alkanes of at least 4 members (excludes halogenated alkanes) is 2. The van der Waals surface area contributed by atoms with Gasteiger partial charge in [0, 0.05) is 37.7 Å². The average molecular weight is 411 g/mol. The van der Waals surface area contributed by atoms with Crippen LogP contribution in [0.5, 0.6) is 0 Å². The highest BCUT2D eigenvalue weighted by Gasteiger charge is 2.16. The molecular weight excluding hydrogens is 380 g/mol. The summed E-state index contributed by atoms with van der Waals surface area (Å²) >= 11 is 0. The molecule has 160 valence electrons. The first kappa shape index (κ1) is 21.5. The zero-order chi connectivity index (χ0) is 21.5. The van der Waals surface area contributed by atoms with Crippen LogP contribution in [-0.2, 0) is 22.6 Å². The molecule has 0 spiro atoms. The molecule has 1 aromatic carbocycles. The predicted octanol–water partition coefficient (Wildman–Crippen LogP) is 2.67. The van der Waals surface area contributed by atoms with Gasteiger partial charge in [0.05, 0.1) is 11.0 Å². The number of nitrogens with zero attached hydrogens (tertiary/aromatic N) is 3. The Bertz CT molecular complexity index is 1040. The number of nitrogen functional groups attached to an aromatic ring is 1. The molecule has 0 aliphatic heterocycles. The second-order valence-electron chi connectivity index (χ2n) is 7.52. The maximum Gasteiger partial charge on any atom is 0.220 e. The van der Waals surface area contributed by atoms with Gasteiger partial charge in [-0.1, -0.05) is 31.5 Å². The standard InChI is InChI=1S/C22H30N6O2/c1-2-3-10-18-27-20-21(15-8-4-5-9-16(15)26-22(20)24)28(18)14-7-6-13-25-19(30)12-11-17(23)29/h4-5,8-9H,2-3,6-7,10-14H2,1H3,(H2,23,29)(H2,24,26)(H,25,30). The van der Waals surface area contributed by atoms with Crippen LogP contribution in [0, 0.1) is 0 Å². The first-order valence-electron chi connectivity index (χ1n) is 10.6. The minimum absolute atomic E-state index is 0.0795. The van der Waals surface area contributed by atoms with E-state index in [0.717, 1.165) is 66.4 Å². The fraction of sp³-hybridized carbons (Fsp3) is 0.455. The largest absolute Gasteiger partial charge is 0.382 e. The van der Waals surface area contributed by atoms with E-state index in [0.29, 0.717) is 12.4 Å². The molecule has 0 saturated heterocycles. The molecular formula is C22H30N6O2. The number of nitrogens with one attached hydrogen (secondary N) is 1. The first-order chi connectivity index (χ1) is 14.5. The fourth-order valence-corrected chi connectivity index (χ4v) is 3.62. The van der Waals surface area contributed by atoms with Crippen molar-refractivity contribution in [1.29, 1.82) is 0 Å². The topological polar surface area (TPSA) is 129 Å². The Hall–Kier alpha value is -3.16. The van der Waals surface area contributed by atoms with Crippen LogP contribution in [-0.4, -0.2) is 32.9 Å². The van der Waals surface area contributed by atoms with Gasteiger partial charge < -0.3 is 21.4 Å². The molecule has 30 heavy (non-hydrogen) atoms. The second-order valence-corrected chi connectivity index (χ2v) is 7.52. The van der Waals surface area contributed by atoms with Crippen molar-refractivity contribution in [1.82, 2.24) is 19.9 Å². The highest BCUT2D eigenvalue weighted by Crippen LogP contribution is 2.29. The molecule has 5 N–H and O–H groups in total. The molecule has 0 saturated carbocycles. The quantitative estimate of drug-likeness (QED) is 0.419. The molecule has 0 aliphatic rings. The summed E-state index contributed by atoms with van der Waals surface area (Å²) in [7, 11) is 0. The van der Waals surface area contributed by atoms with Crippen molar-refractivity contribution in [2.75, 3.05) is 12.3 Å². The molecule has 0 atom stereocenters. The zero-order valence-corrected chi connectivity index (χ0v) is 17.5. The number of primary amides is 1. The molecule has 8 heteroatoms. The summed E-state index contributed by atoms with van der Waals surface area (Å²) in [5, 5.41) is 3.89. The smallest absolute Gasteiger partial charge is 0.220 e. The van der Waals surface area contributed by atoms with Gasteiger partial charge in [0.25, 0.3) is 0 Å². The van der Waals surface area contributed by atoms with Crippen LogP contribution >= 0.6 is 0 Å². The monoisotopic (exact) mass is 410 g/mol. The maximum absolute atomic E-state index is 11.7. The van der Waals surface area contributed by atoms with E-state index in [9.17, 15) is 9.59 Å². The second kappa shape index (κ2) is 10.0. The SMILES string of the molecule is CCCCc1nc2c(N)nc3ccccc3c2n1CCCCNC(=O)CCC(N)=O. The summed E-state index contributed by atoms with van der Waals surface area (Å²) in [6.07, 6.45) is 4.98. The number of benzene rings is 1. The predicted molar refractivity (Wildman–Crippen MR) is 119 cm³/mol. The van der Waals surface area contributed by atoms with Gasteiger partial charge in [-0.2, -0.15) is 0 Å². The van der Waals surface area contributed by atoms with Crippen molar-refractivity contribution in [3.63, 3.8) is 0 Å². The Balaban J connectivity index is 1.75. The number of pyridine rings is 1. The molecule has 0 aliphatic carbocycles. The van der Waals surface area contributed by atoms with Crippen molar-refractivity contribution < 1.29 is 9.59 Å². The lowest BCUT2D eigenvalue weighted by atomic mass is 10.2. The van der Waals surface area contributed by atoms with Gasteiger partial charge in [-0.15, -0.1) is 0 Å². The Morgan fingerprint density at radius 2 is 1.90 bits per heavy atom. The Morgan fingerprint density at radius 3 is 2.67 bits per heavy atom. The highest BCUT2D eigenvalue weighted by atomic mass is 16.2. The molecule has 3 rings (SSSR count). The summed E-state index contributed by atoms with van der Waals surface area (Å²) in [5.41, 5.74) is 14.0. The molecule has 8 nitrogen and oxygen atoms in total. The van der Waals surface area contributed by atoms with Crippen LogP contribution in [0.1, 0.15) is 51.3 Å². The van der Waals surface area contributed by atoms with Crippen molar-refractivity contribution in [2.24, 2.45) is 5.73 Å². The number of hydrogen-bond donors (Lipinski definition) is 3. The number of imidazole rings is 1. The van der Waals surface area contributed by atoms with Gasteiger partial charge in [0.2, 0.25) is 11.8 Å². The lowest BCUT2D eigenvalue weighted by Gasteiger charge is -2.11. The van der Waals surface area contributed by atoms with Crippen LogP contribution in [0.15, 0.2) is 24.3 Å². The van der Waals surface area contributed by atoms with Crippen LogP contribution in [0.2, 0.25) is 0 Å². The molecule has 2 heterocycles. The third kappa shape index (κ3) is 5.06. The minimum Gasteiger partial charge on any atom is -0.382 e. The highest BCUT2D eigenvalue weighted by molar-refractivity contribution is 6.06. The van der Waals surface area contributed by atoms with E-state index in [4.69, 9.17) is 16.5 Å². The van der Waals surface area contributed by atoms with Crippen molar-refractivity contribution in [3.8, 4) is 0 Å². The summed E-state index contributed by atoms with van der Waals surface area (Å²) in [4.78, 5) is 31.8. The molecule has 0 fully saturated rings. The molecule has 2 amide bonds. The Morgan fingerprint density at radius 1 is 1.10 bits per heavy atom. The third-order valence-electron chi connectivity index (χ3n) is 5.17. The van der Waals surface area contributed by atoms with E-state index in [1.54, 1.807) is 0 Å². The normalized spacial score (nSPS) is 11.2. The lowest BCUT2D eigenvalue weighted by Crippen LogP contribution is -2.26. The molecule has 0 radical (unpaired) electrons. The number of hydrogen-bond acceptors (Lipinski definition) is 5. The summed E-state index contributed by atoms with van der Waals surface area (Å²) in [6, 6.07) is 7.99. The number of carbonyl (C=O) groups excluding carboxylic acids is 2. The van der Waals surface area contributed by atoms with Crippen molar-refractivity contribution in [3.05, 3.63) is 30.1 Å². The number of nitrogens with two attached hydrogens (primary N) is 2. The Kier molecular flexibility index (Phi) is 7.21. The summed E-state index contributed by atoms with van der Waals surface area (Å²) in [5.74, 6) is 0.886. The number of aryl methyl sites for hydroxylation is 2. The number of rotatable bonds is 11. The van der Waals surface area contributed by atoms with Gasteiger partial charge in [-0.3, -0.25) is 9.59 Å². The van der Waals surface area contributed by atoms with E-state index in [1.807, 2.05) is 18.2 Å². The fourth-order valence-electron chi connectivity index (χ4n) is 3.62. The summed E-state index contributed by atoms with van der Waals surface area (Å²) in [6.45, 7) is 3.53. The number of para-hydroxylation sites is 1. The Labute approximate surface area is 176 Å². The van der Waals surface area contributed by atoms with Gasteiger partial charge in [0.1, 0.15) is 11.3 Å². The van der Waals surface area contributed by atoms with Gasteiger partial charge >= 0.3 is 0 Å². The molecule has 2 aromatic heterocycles. The van der Waals surface area contributed by atoms with Crippen LogP contribution in [0.3, 0.4) is 0 Å². The molecule has 0 unspecified atom stereocenters. The average Bonchev–Trinajstić information content (AvgIpc) is 3.10. The molecule has 3 aromatic rings. The van der Waals surface area contributed by atoms with E-state index in [2.05, 4.69) is 27.9 Å². The van der Waals surface area contributed by atoms with Gasteiger partial charge in [0.15, 0.2) is 5.82 Å². The molecule has 0 bridgehead atoms. The van der Waals surface area contributed by atoms with Gasteiger partial charge in [-0.05, 0) is 25.3 Å². The van der Waals surface area contributed by atoms with E-state index in [1.165, 1.54) is 0 Å². The lowest BCUT2D eigenvalue weighted by molar-refractivity contribution is -0.125. The van der Waals surface area contributed by atoms with Crippen molar-refractivity contribution >= 4 is 39.6 Å². The van der Waals surface area contributed by atoms with Crippen LogP contribution < -0.4 is 16.8 Å². The number of aromatic nitrogens is 3. The third-order valence-corrected chi connectivity index (χ3v) is 5.17. The van der Waals surface area contributed by atoms with Crippen LogP contribution in [0.4, 0.5) is 5.82 Å². The minimum atomic E-state index is -0.460.